The maximum absolute atomic E-state index is 6.22. The van der Waals surface area contributed by atoms with Gasteiger partial charge in [-0.1, -0.05) is 41.4 Å². The van der Waals surface area contributed by atoms with Gasteiger partial charge in [-0.3, -0.25) is 0 Å². The number of hydrogen-bond acceptors (Lipinski definition) is 3. The van der Waals surface area contributed by atoms with Crippen molar-refractivity contribution in [1.82, 2.24) is 9.97 Å². The maximum atomic E-state index is 6.22. The molecule has 0 bridgehead atoms. The van der Waals surface area contributed by atoms with E-state index in [0.29, 0.717) is 22.6 Å². The number of halogens is 2. The van der Waals surface area contributed by atoms with E-state index in [1.54, 1.807) is 0 Å². The van der Waals surface area contributed by atoms with Gasteiger partial charge in [0.15, 0.2) is 5.82 Å². The van der Waals surface area contributed by atoms with Crippen LogP contribution in [0.3, 0.4) is 0 Å². The maximum Gasteiger partial charge on any atom is 0.163 e. The standard InChI is InChI=1S/C14H15BrClN3/c1-8(2)5-10-7-13(17)19-14(18-10)11-4-3-9(15)6-12(11)16/h3-4,6-8H,5H2,1-2H3,(H2,17,18,19). The fourth-order valence-corrected chi connectivity index (χ4v) is 2.59. The molecule has 2 aromatic rings. The van der Waals surface area contributed by atoms with Gasteiger partial charge in [0.1, 0.15) is 5.82 Å². The van der Waals surface area contributed by atoms with E-state index < -0.39 is 0 Å². The first-order valence-electron chi connectivity index (χ1n) is 6.04. The fraction of sp³-hybridized carbons (Fsp3) is 0.286. The van der Waals surface area contributed by atoms with Crippen molar-refractivity contribution in [3.63, 3.8) is 0 Å². The predicted molar refractivity (Wildman–Crippen MR) is 83.1 cm³/mol. The van der Waals surface area contributed by atoms with Gasteiger partial charge < -0.3 is 5.73 Å². The van der Waals surface area contributed by atoms with Gasteiger partial charge in [-0.05, 0) is 30.5 Å². The minimum Gasteiger partial charge on any atom is -0.384 e. The highest BCUT2D eigenvalue weighted by molar-refractivity contribution is 9.10. The Morgan fingerprint density at radius 3 is 2.63 bits per heavy atom. The average Bonchev–Trinajstić information content (AvgIpc) is 2.26. The Bertz CT molecular complexity index is 599. The molecule has 2 N–H and O–H groups in total. The summed E-state index contributed by atoms with van der Waals surface area (Å²) in [4.78, 5) is 8.81. The number of nitrogens with zero attached hydrogens (tertiary/aromatic N) is 2. The number of nitrogens with two attached hydrogens (primary N) is 1. The summed E-state index contributed by atoms with van der Waals surface area (Å²) in [5, 5.41) is 0.607. The molecule has 0 saturated heterocycles. The zero-order valence-corrected chi connectivity index (χ0v) is 13.2. The SMILES string of the molecule is CC(C)Cc1cc(N)nc(-c2ccc(Br)cc2Cl)n1. The van der Waals surface area contributed by atoms with Crippen LogP contribution in [-0.2, 0) is 6.42 Å². The molecule has 0 amide bonds. The van der Waals surface area contributed by atoms with Crippen molar-refractivity contribution in [1.29, 1.82) is 0 Å². The second-order valence-electron chi connectivity index (χ2n) is 4.83. The van der Waals surface area contributed by atoms with Gasteiger partial charge in [-0.25, -0.2) is 9.97 Å². The summed E-state index contributed by atoms with van der Waals surface area (Å²) in [6, 6.07) is 7.44. The monoisotopic (exact) mass is 339 g/mol. The van der Waals surface area contributed by atoms with Crippen LogP contribution in [0.4, 0.5) is 5.82 Å². The van der Waals surface area contributed by atoms with E-state index in [9.17, 15) is 0 Å². The van der Waals surface area contributed by atoms with Crippen molar-refractivity contribution in [3.8, 4) is 11.4 Å². The number of rotatable bonds is 3. The third kappa shape index (κ3) is 3.67. The highest BCUT2D eigenvalue weighted by Crippen LogP contribution is 2.29. The number of benzene rings is 1. The van der Waals surface area contributed by atoms with Crippen molar-refractivity contribution in [2.45, 2.75) is 20.3 Å². The molecule has 0 aliphatic rings. The quantitative estimate of drug-likeness (QED) is 0.904. The van der Waals surface area contributed by atoms with E-state index in [1.807, 2.05) is 24.3 Å². The van der Waals surface area contributed by atoms with Crippen LogP contribution in [0.25, 0.3) is 11.4 Å². The van der Waals surface area contributed by atoms with E-state index >= 15 is 0 Å². The van der Waals surface area contributed by atoms with Crippen LogP contribution in [0, 0.1) is 5.92 Å². The van der Waals surface area contributed by atoms with E-state index in [2.05, 4.69) is 39.7 Å². The van der Waals surface area contributed by atoms with Gasteiger partial charge >= 0.3 is 0 Å². The Morgan fingerprint density at radius 2 is 2.00 bits per heavy atom. The van der Waals surface area contributed by atoms with Crippen LogP contribution in [0.2, 0.25) is 5.02 Å². The molecule has 1 heterocycles. The topological polar surface area (TPSA) is 51.8 Å². The molecule has 100 valence electrons. The lowest BCUT2D eigenvalue weighted by Gasteiger charge is -2.09. The van der Waals surface area contributed by atoms with Gasteiger partial charge in [-0.15, -0.1) is 0 Å². The van der Waals surface area contributed by atoms with Gasteiger partial charge in [0, 0.05) is 21.8 Å². The fourth-order valence-electron chi connectivity index (χ4n) is 1.83. The van der Waals surface area contributed by atoms with Crippen LogP contribution < -0.4 is 5.73 Å². The van der Waals surface area contributed by atoms with Crippen LogP contribution >= 0.6 is 27.5 Å². The van der Waals surface area contributed by atoms with Crippen LogP contribution in [-0.4, -0.2) is 9.97 Å². The summed E-state index contributed by atoms with van der Waals surface area (Å²) in [6.07, 6.45) is 0.869. The molecule has 0 radical (unpaired) electrons. The molecular weight excluding hydrogens is 326 g/mol. The molecule has 3 nitrogen and oxygen atoms in total. The summed E-state index contributed by atoms with van der Waals surface area (Å²) in [6.45, 7) is 4.29. The van der Waals surface area contributed by atoms with Crippen LogP contribution in [0.5, 0.6) is 0 Å². The Morgan fingerprint density at radius 1 is 1.26 bits per heavy atom. The number of hydrogen-bond donors (Lipinski definition) is 1. The molecule has 0 aliphatic heterocycles. The summed E-state index contributed by atoms with van der Waals surface area (Å²) in [5.41, 5.74) is 7.58. The summed E-state index contributed by atoms with van der Waals surface area (Å²) in [7, 11) is 0. The summed E-state index contributed by atoms with van der Waals surface area (Å²) >= 11 is 9.60. The molecule has 0 saturated carbocycles. The number of anilines is 1. The second-order valence-corrected chi connectivity index (χ2v) is 6.15. The number of nitrogen functional groups attached to an aromatic ring is 1. The highest BCUT2D eigenvalue weighted by atomic mass is 79.9. The molecule has 1 aromatic carbocycles. The molecule has 5 heteroatoms. The minimum atomic E-state index is 0.472. The zero-order valence-electron chi connectivity index (χ0n) is 10.8. The minimum absolute atomic E-state index is 0.472. The van der Waals surface area contributed by atoms with Crippen LogP contribution in [0.1, 0.15) is 19.5 Å². The predicted octanol–water partition coefficient (Wildman–Crippen LogP) is 4.34. The molecular formula is C14H15BrClN3. The molecule has 2 rings (SSSR count). The van der Waals surface area contributed by atoms with E-state index in [4.69, 9.17) is 17.3 Å². The summed E-state index contributed by atoms with van der Waals surface area (Å²) in [5.74, 6) is 1.57. The van der Waals surface area contributed by atoms with Crippen LogP contribution in [0.15, 0.2) is 28.7 Å². The van der Waals surface area contributed by atoms with Gasteiger partial charge in [-0.2, -0.15) is 0 Å². The lowest BCUT2D eigenvalue weighted by molar-refractivity contribution is 0.635. The van der Waals surface area contributed by atoms with Gasteiger partial charge in [0.05, 0.1) is 5.02 Å². The highest BCUT2D eigenvalue weighted by Gasteiger charge is 2.10. The zero-order chi connectivity index (χ0) is 14.0. The van der Waals surface area contributed by atoms with Crippen molar-refractivity contribution in [3.05, 3.63) is 39.5 Å². The van der Waals surface area contributed by atoms with Crippen molar-refractivity contribution < 1.29 is 0 Å². The molecule has 0 spiro atoms. The first kappa shape index (κ1) is 14.3. The lowest BCUT2D eigenvalue weighted by Crippen LogP contribution is -2.03. The molecule has 19 heavy (non-hydrogen) atoms. The molecule has 0 unspecified atom stereocenters. The van der Waals surface area contributed by atoms with Crippen molar-refractivity contribution in [2.75, 3.05) is 5.73 Å². The normalized spacial score (nSPS) is 11.0. The van der Waals surface area contributed by atoms with E-state index in [-0.39, 0.29) is 0 Å². The van der Waals surface area contributed by atoms with Crippen molar-refractivity contribution in [2.24, 2.45) is 5.92 Å². The Hall–Kier alpha value is -1.13. The third-order valence-corrected chi connectivity index (χ3v) is 3.39. The molecule has 0 aliphatic carbocycles. The molecule has 0 atom stereocenters. The summed E-state index contributed by atoms with van der Waals surface area (Å²) < 4.78 is 0.924. The Balaban J connectivity index is 2.46. The van der Waals surface area contributed by atoms with Crippen molar-refractivity contribution >= 4 is 33.3 Å². The third-order valence-electron chi connectivity index (χ3n) is 2.59. The van der Waals surface area contributed by atoms with E-state index in [1.165, 1.54) is 0 Å². The number of aromatic nitrogens is 2. The molecule has 1 aromatic heterocycles. The lowest BCUT2D eigenvalue weighted by atomic mass is 10.1. The average molecular weight is 341 g/mol. The first-order chi connectivity index (χ1) is 8.95. The van der Waals surface area contributed by atoms with E-state index in [0.717, 1.165) is 22.2 Å². The Labute approximate surface area is 126 Å². The van der Waals surface area contributed by atoms with Gasteiger partial charge in [0.25, 0.3) is 0 Å². The Kier molecular flexibility index (Phi) is 4.42. The second kappa shape index (κ2) is 5.88. The first-order valence-corrected chi connectivity index (χ1v) is 7.21. The molecule has 0 fully saturated rings. The largest absolute Gasteiger partial charge is 0.384 e. The smallest absolute Gasteiger partial charge is 0.163 e. The van der Waals surface area contributed by atoms with Gasteiger partial charge in [0.2, 0.25) is 0 Å².